The number of oxime groups is 1. The lowest BCUT2D eigenvalue weighted by Crippen LogP contribution is -2.26. The number of hydrogen-bond donors (Lipinski definition) is 0. The standard InChI is InChI=1S/C16H27NO/c1-6-12-18-17-14(3)9-10-15-13(2)8-7-11-16(15,4)5/h8-10,15H,6-7,11-12H2,1-5H3/b10-9+,17-14-. The Bertz CT molecular complexity index is 350. The molecule has 1 aliphatic rings. The highest BCUT2D eigenvalue weighted by atomic mass is 16.6. The fraction of sp³-hybridized carbons (Fsp3) is 0.688. The van der Waals surface area contributed by atoms with Gasteiger partial charge in [-0.2, -0.15) is 0 Å². The summed E-state index contributed by atoms with van der Waals surface area (Å²) in [5, 5.41) is 4.08. The fourth-order valence-electron chi connectivity index (χ4n) is 2.49. The predicted octanol–water partition coefficient (Wildman–Crippen LogP) is 4.73. The molecule has 1 rings (SSSR count). The van der Waals surface area contributed by atoms with Gasteiger partial charge in [-0.15, -0.1) is 0 Å². The van der Waals surface area contributed by atoms with Gasteiger partial charge in [0.25, 0.3) is 0 Å². The SMILES string of the molecule is CCCO/N=C(C)\C=C\C1C(C)=CCCC1(C)C. The van der Waals surface area contributed by atoms with E-state index in [0.29, 0.717) is 17.9 Å². The molecule has 0 bridgehead atoms. The Morgan fingerprint density at radius 3 is 2.89 bits per heavy atom. The van der Waals surface area contributed by atoms with Gasteiger partial charge in [0.15, 0.2) is 0 Å². The van der Waals surface area contributed by atoms with Gasteiger partial charge in [0.1, 0.15) is 6.61 Å². The monoisotopic (exact) mass is 249 g/mol. The van der Waals surface area contributed by atoms with Gasteiger partial charge < -0.3 is 4.84 Å². The summed E-state index contributed by atoms with van der Waals surface area (Å²) in [4.78, 5) is 5.19. The maximum atomic E-state index is 5.19. The van der Waals surface area contributed by atoms with Gasteiger partial charge >= 0.3 is 0 Å². The van der Waals surface area contributed by atoms with Gasteiger partial charge in [0.05, 0.1) is 5.71 Å². The molecule has 0 spiro atoms. The van der Waals surface area contributed by atoms with Gasteiger partial charge in [-0.25, -0.2) is 0 Å². The van der Waals surface area contributed by atoms with E-state index in [1.54, 1.807) is 0 Å². The molecule has 0 saturated carbocycles. The van der Waals surface area contributed by atoms with Crippen molar-refractivity contribution in [2.75, 3.05) is 6.61 Å². The molecule has 0 saturated heterocycles. The summed E-state index contributed by atoms with van der Waals surface area (Å²) >= 11 is 0. The first-order valence-corrected chi connectivity index (χ1v) is 6.99. The molecule has 1 atom stereocenters. The third-order valence-corrected chi connectivity index (χ3v) is 3.62. The van der Waals surface area contributed by atoms with Crippen LogP contribution in [0.4, 0.5) is 0 Å². The maximum Gasteiger partial charge on any atom is 0.116 e. The number of nitrogens with zero attached hydrogens (tertiary/aromatic N) is 1. The zero-order valence-electron chi connectivity index (χ0n) is 12.5. The van der Waals surface area contributed by atoms with Crippen LogP contribution in [-0.2, 0) is 4.84 Å². The zero-order chi connectivity index (χ0) is 13.6. The van der Waals surface area contributed by atoms with Crippen molar-refractivity contribution in [2.45, 2.75) is 53.9 Å². The van der Waals surface area contributed by atoms with E-state index < -0.39 is 0 Å². The van der Waals surface area contributed by atoms with Gasteiger partial charge in [-0.1, -0.05) is 43.7 Å². The van der Waals surface area contributed by atoms with Crippen LogP contribution in [0, 0.1) is 11.3 Å². The number of hydrogen-bond acceptors (Lipinski definition) is 2. The summed E-state index contributed by atoms with van der Waals surface area (Å²) in [5.74, 6) is 0.516. The maximum absolute atomic E-state index is 5.19. The van der Waals surface area contributed by atoms with Crippen molar-refractivity contribution < 1.29 is 4.84 Å². The van der Waals surface area contributed by atoms with Gasteiger partial charge in [-0.3, -0.25) is 0 Å². The number of allylic oxidation sites excluding steroid dienone is 4. The lowest BCUT2D eigenvalue weighted by molar-refractivity contribution is 0.145. The van der Waals surface area contributed by atoms with Crippen LogP contribution < -0.4 is 0 Å². The van der Waals surface area contributed by atoms with Crippen LogP contribution in [-0.4, -0.2) is 12.3 Å². The van der Waals surface area contributed by atoms with E-state index in [9.17, 15) is 0 Å². The van der Waals surface area contributed by atoms with Crippen LogP contribution in [0.1, 0.15) is 53.9 Å². The summed E-state index contributed by atoms with van der Waals surface area (Å²) in [6, 6.07) is 0. The van der Waals surface area contributed by atoms with Crippen LogP contribution in [0.2, 0.25) is 0 Å². The van der Waals surface area contributed by atoms with Crippen molar-refractivity contribution in [3.63, 3.8) is 0 Å². The molecule has 0 aromatic rings. The summed E-state index contributed by atoms with van der Waals surface area (Å²) in [5.41, 5.74) is 2.77. The van der Waals surface area contributed by atoms with Crippen LogP contribution >= 0.6 is 0 Å². The average Bonchev–Trinajstić information content (AvgIpc) is 2.28. The largest absolute Gasteiger partial charge is 0.396 e. The van der Waals surface area contributed by atoms with Crippen LogP contribution in [0.3, 0.4) is 0 Å². The smallest absolute Gasteiger partial charge is 0.116 e. The minimum absolute atomic E-state index is 0.347. The quantitative estimate of drug-likeness (QED) is 0.299. The molecule has 0 heterocycles. The third-order valence-electron chi connectivity index (χ3n) is 3.62. The summed E-state index contributed by atoms with van der Waals surface area (Å²) in [7, 11) is 0. The molecule has 2 heteroatoms. The zero-order valence-corrected chi connectivity index (χ0v) is 12.5. The summed E-state index contributed by atoms with van der Waals surface area (Å²) in [6.45, 7) is 11.7. The van der Waals surface area contributed by atoms with Gasteiger partial charge in [0, 0.05) is 5.92 Å². The highest BCUT2D eigenvalue weighted by Crippen LogP contribution is 2.41. The Labute approximate surface area is 112 Å². The molecule has 2 nitrogen and oxygen atoms in total. The van der Waals surface area contributed by atoms with Crippen molar-refractivity contribution in [3.8, 4) is 0 Å². The molecule has 0 aliphatic heterocycles. The molecule has 0 amide bonds. The fourth-order valence-corrected chi connectivity index (χ4v) is 2.49. The average molecular weight is 249 g/mol. The van der Waals surface area contributed by atoms with E-state index in [1.807, 2.05) is 6.92 Å². The highest BCUT2D eigenvalue weighted by molar-refractivity contribution is 5.92. The Morgan fingerprint density at radius 1 is 1.56 bits per heavy atom. The van der Waals surface area contributed by atoms with E-state index in [4.69, 9.17) is 4.84 Å². The second-order valence-electron chi connectivity index (χ2n) is 5.88. The molecule has 102 valence electrons. The first kappa shape index (κ1) is 15.0. The first-order valence-electron chi connectivity index (χ1n) is 6.99. The lowest BCUT2D eigenvalue weighted by Gasteiger charge is -2.36. The Morgan fingerprint density at radius 2 is 2.28 bits per heavy atom. The first-order chi connectivity index (χ1) is 8.47. The van der Waals surface area contributed by atoms with E-state index in [0.717, 1.165) is 12.1 Å². The minimum Gasteiger partial charge on any atom is -0.396 e. The van der Waals surface area contributed by atoms with E-state index in [2.05, 4.69) is 51.1 Å². The minimum atomic E-state index is 0.347. The Hall–Kier alpha value is -1.05. The lowest BCUT2D eigenvalue weighted by atomic mass is 9.68. The molecule has 18 heavy (non-hydrogen) atoms. The molecule has 1 unspecified atom stereocenters. The van der Waals surface area contributed by atoms with Crippen LogP contribution in [0.5, 0.6) is 0 Å². The molecular formula is C16H27NO. The Balaban J connectivity index is 2.67. The van der Waals surface area contributed by atoms with E-state index in [1.165, 1.54) is 18.4 Å². The third kappa shape index (κ3) is 4.32. The summed E-state index contributed by atoms with van der Waals surface area (Å²) in [6.07, 6.45) is 10.2. The molecular weight excluding hydrogens is 222 g/mol. The highest BCUT2D eigenvalue weighted by Gasteiger charge is 2.30. The Kier molecular flexibility index (Phi) is 5.64. The molecule has 0 radical (unpaired) electrons. The molecule has 0 aromatic carbocycles. The normalized spacial score (nSPS) is 24.2. The molecule has 0 fully saturated rings. The van der Waals surface area contributed by atoms with Crippen LogP contribution in [0.25, 0.3) is 0 Å². The van der Waals surface area contributed by atoms with Crippen molar-refractivity contribution in [3.05, 3.63) is 23.8 Å². The number of rotatable bonds is 5. The molecule has 1 aliphatic carbocycles. The van der Waals surface area contributed by atoms with E-state index >= 15 is 0 Å². The predicted molar refractivity (Wildman–Crippen MR) is 78.8 cm³/mol. The van der Waals surface area contributed by atoms with E-state index in [-0.39, 0.29) is 0 Å². The second-order valence-corrected chi connectivity index (χ2v) is 5.88. The van der Waals surface area contributed by atoms with Gasteiger partial charge in [-0.05, 0) is 44.6 Å². The topological polar surface area (TPSA) is 21.6 Å². The van der Waals surface area contributed by atoms with Crippen molar-refractivity contribution in [2.24, 2.45) is 16.5 Å². The van der Waals surface area contributed by atoms with Crippen molar-refractivity contribution in [1.29, 1.82) is 0 Å². The van der Waals surface area contributed by atoms with Crippen LogP contribution in [0.15, 0.2) is 29.0 Å². The second kappa shape index (κ2) is 6.77. The molecule has 0 aromatic heterocycles. The molecule has 0 N–H and O–H groups in total. The van der Waals surface area contributed by atoms with Gasteiger partial charge in [0.2, 0.25) is 0 Å². The van der Waals surface area contributed by atoms with Crippen molar-refractivity contribution in [1.82, 2.24) is 0 Å². The van der Waals surface area contributed by atoms with Crippen molar-refractivity contribution >= 4 is 5.71 Å². The summed E-state index contributed by atoms with van der Waals surface area (Å²) < 4.78 is 0.